The van der Waals surface area contributed by atoms with Gasteiger partial charge >= 0.3 is 0 Å². The summed E-state index contributed by atoms with van der Waals surface area (Å²) in [5.41, 5.74) is 7.61. The van der Waals surface area contributed by atoms with Crippen LogP contribution in [0.2, 0.25) is 0 Å². The lowest BCUT2D eigenvalue weighted by atomic mass is 10.0. The van der Waals surface area contributed by atoms with E-state index in [4.69, 9.17) is 5.73 Å². The molecule has 1 saturated heterocycles. The van der Waals surface area contributed by atoms with Gasteiger partial charge in [0.1, 0.15) is 0 Å². The van der Waals surface area contributed by atoms with Crippen LogP contribution in [0.5, 0.6) is 0 Å². The van der Waals surface area contributed by atoms with Gasteiger partial charge in [-0.05, 0) is 56.2 Å². The van der Waals surface area contributed by atoms with Crippen molar-refractivity contribution in [3.05, 3.63) is 35.9 Å². The second kappa shape index (κ2) is 7.51. The van der Waals surface area contributed by atoms with Gasteiger partial charge in [-0.1, -0.05) is 12.2 Å². The van der Waals surface area contributed by atoms with E-state index in [0.717, 1.165) is 50.1 Å². The molecule has 0 unspecified atom stereocenters. The number of nitrogens with one attached hydrogen (secondary N) is 1. The number of benzene rings is 1. The zero-order valence-electron chi connectivity index (χ0n) is 14.0. The predicted molar refractivity (Wildman–Crippen MR) is 96.1 cm³/mol. The Morgan fingerprint density at radius 3 is 2.67 bits per heavy atom. The Balaban J connectivity index is 1.74. The quantitative estimate of drug-likeness (QED) is 0.816. The van der Waals surface area contributed by atoms with Crippen LogP contribution in [-0.4, -0.2) is 24.9 Å². The van der Waals surface area contributed by atoms with E-state index in [0.29, 0.717) is 17.9 Å². The molecule has 1 aromatic rings. The first-order valence-electron chi connectivity index (χ1n) is 8.79. The lowest BCUT2D eigenvalue weighted by Crippen LogP contribution is -2.31. The number of carbonyl (C=O) groups is 2. The average molecular weight is 327 g/mol. The molecule has 0 saturated carbocycles. The Kier molecular flexibility index (Phi) is 5.18. The topological polar surface area (TPSA) is 75.4 Å². The van der Waals surface area contributed by atoms with Crippen LogP contribution >= 0.6 is 0 Å². The first-order valence-corrected chi connectivity index (χ1v) is 8.79. The molecule has 1 aliphatic carbocycles. The van der Waals surface area contributed by atoms with Crippen molar-refractivity contribution >= 4 is 23.2 Å². The molecule has 3 rings (SSSR count). The molecule has 3 N–H and O–H groups in total. The maximum absolute atomic E-state index is 12.2. The lowest BCUT2D eigenvalue weighted by Gasteiger charge is -2.30. The summed E-state index contributed by atoms with van der Waals surface area (Å²) in [5.74, 6) is -0.0658. The molecule has 2 amide bonds. The Morgan fingerprint density at radius 1 is 1.21 bits per heavy atom. The van der Waals surface area contributed by atoms with Gasteiger partial charge in [0, 0.05) is 25.2 Å². The van der Waals surface area contributed by atoms with Crippen LogP contribution in [0.4, 0.5) is 11.4 Å². The van der Waals surface area contributed by atoms with Crippen molar-refractivity contribution in [1.29, 1.82) is 0 Å². The highest BCUT2D eigenvalue weighted by atomic mass is 16.2. The zero-order chi connectivity index (χ0) is 16.9. The molecule has 1 aromatic carbocycles. The fourth-order valence-corrected chi connectivity index (χ4v) is 3.53. The fourth-order valence-electron chi connectivity index (χ4n) is 3.53. The smallest absolute Gasteiger partial charge is 0.250 e. The summed E-state index contributed by atoms with van der Waals surface area (Å²) in [6.45, 7) is 1.84. The van der Waals surface area contributed by atoms with Gasteiger partial charge in [-0.15, -0.1) is 0 Å². The first kappa shape index (κ1) is 16.6. The van der Waals surface area contributed by atoms with Crippen molar-refractivity contribution in [2.75, 3.05) is 23.3 Å². The number of anilines is 2. The van der Waals surface area contributed by atoms with E-state index in [1.165, 1.54) is 6.42 Å². The molecule has 5 heteroatoms. The van der Waals surface area contributed by atoms with E-state index in [-0.39, 0.29) is 5.91 Å². The van der Waals surface area contributed by atoms with E-state index in [9.17, 15) is 9.59 Å². The van der Waals surface area contributed by atoms with Gasteiger partial charge in [0.05, 0.1) is 11.3 Å². The molecule has 1 fully saturated rings. The third kappa shape index (κ3) is 3.96. The Labute approximate surface area is 142 Å². The normalized spacial score (nSPS) is 20.2. The van der Waals surface area contributed by atoms with Gasteiger partial charge in [-0.25, -0.2) is 0 Å². The molecule has 0 bridgehead atoms. The molecular formula is C19H25N3O2. The number of piperidine rings is 1. The number of nitrogens with two attached hydrogens (primary N) is 1. The number of hydrogen-bond acceptors (Lipinski definition) is 3. The third-order valence-corrected chi connectivity index (χ3v) is 4.80. The first-order chi connectivity index (χ1) is 11.6. The van der Waals surface area contributed by atoms with Gasteiger partial charge in [0.2, 0.25) is 5.91 Å². The predicted octanol–water partition coefficient (Wildman–Crippen LogP) is 3.07. The van der Waals surface area contributed by atoms with Crippen LogP contribution in [0.15, 0.2) is 30.4 Å². The van der Waals surface area contributed by atoms with Crippen LogP contribution in [0, 0.1) is 5.92 Å². The summed E-state index contributed by atoms with van der Waals surface area (Å²) in [7, 11) is 0. The van der Waals surface area contributed by atoms with E-state index in [1.54, 1.807) is 12.1 Å². The molecular weight excluding hydrogens is 302 g/mol. The number of hydrogen-bond donors (Lipinski definition) is 2. The Hall–Kier alpha value is -2.30. The van der Waals surface area contributed by atoms with E-state index < -0.39 is 5.91 Å². The number of rotatable bonds is 5. The molecule has 0 radical (unpaired) electrons. The van der Waals surface area contributed by atoms with E-state index >= 15 is 0 Å². The maximum atomic E-state index is 12.2. The molecule has 24 heavy (non-hydrogen) atoms. The van der Waals surface area contributed by atoms with Crippen molar-refractivity contribution in [3.63, 3.8) is 0 Å². The third-order valence-electron chi connectivity index (χ3n) is 4.80. The number of primary amides is 1. The minimum absolute atomic E-state index is 0.0166. The largest absolute Gasteiger partial charge is 0.371 e. The highest BCUT2D eigenvalue weighted by Gasteiger charge is 2.19. The minimum atomic E-state index is -0.426. The van der Waals surface area contributed by atoms with Crippen molar-refractivity contribution in [3.8, 4) is 0 Å². The second-order valence-electron chi connectivity index (χ2n) is 6.66. The van der Waals surface area contributed by atoms with Crippen molar-refractivity contribution in [1.82, 2.24) is 0 Å². The number of nitrogens with zero attached hydrogens (tertiary/aromatic N) is 1. The average Bonchev–Trinajstić information content (AvgIpc) is 3.08. The van der Waals surface area contributed by atoms with Gasteiger partial charge < -0.3 is 16.0 Å². The Bertz CT molecular complexity index is 648. The molecule has 128 valence electrons. The highest BCUT2D eigenvalue weighted by Crippen LogP contribution is 2.28. The minimum Gasteiger partial charge on any atom is -0.371 e. The molecule has 0 aromatic heterocycles. The lowest BCUT2D eigenvalue weighted by molar-refractivity contribution is -0.116. The maximum Gasteiger partial charge on any atom is 0.250 e. The van der Waals surface area contributed by atoms with Crippen LogP contribution in [0.25, 0.3) is 0 Å². The number of allylic oxidation sites excluding steroid dienone is 2. The van der Waals surface area contributed by atoms with Gasteiger partial charge in [-0.3, -0.25) is 9.59 Å². The molecule has 5 nitrogen and oxygen atoms in total. The van der Waals surface area contributed by atoms with Crippen LogP contribution in [-0.2, 0) is 4.79 Å². The number of amides is 2. The van der Waals surface area contributed by atoms with Gasteiger partial charge in [0.15, 0.2) is 0 Å². The van der Waals surface area contributed by atoms with Crippen molar-refractivity contribution in [2.45, 2.75) is 38.5 Å². The SMILES string of the molecule is NC(=O)c1ccc(NC(=O)C[C@H]2C=CCC2)cc1N1CCCCC1. The van der Waals surface area contributed by atoms with E-state index in [1.807, 2.05) is 6.07 Å². The summed E-state index contributed by atoms with van der Waals surface area (Å²) in [6.07, 6.45) is 10.3. The monoisotopic (exact) mass is 327 g/mol. The summed E-state index contributed by atoms with van der Waals surface area (Å²) >= 11 is 0. The fraction of sp³-hybridized carbons (Fsp3) is 0.474. The molecule has 1 aliphatic heterocycles. The molecule has 1 heterocycles. The van der Waals surface area contributed by atoms with Crippen molar-refractivity contribution < 1.29 is 9.59 Å². The van der Waals surface area contributed by atoms with Gasteiger partial charge in [-0.2, -0.15) is 0 Å². The van der Waals surface area contributed by atoms with Crippen molar-refractivity contribution in [2.24, 2.45) is 11.7 Å². The summed E-state index contributed by atoms with van der Waals surface area (Å²) in [5, 5.41) is 2.96. The van der Waals surface area contributed by atoms with Gasteiger partial charge in [0.25, 0.3) is 5.91 Å². The molecule has 1 atom stereocenters. The number of carbonyl (C=O) groups excluding carboxylic acids is 2. The molecule has 0 spiro atoms. The summed E-state index contributed by atoms with van der Waals surface area (Å²) in [6, 6.07) is 5.36. The Morgan fingerprint density at radius 2 is 2.00 bits per heavy atom. The van der Waals surface area contributed by atoms with Crippen LogP contribution in [0.3, 0.4) is 0 Å². The molecule has 2 aliphatic rings. The standard InChI is InChI=1S/C19H25N3O2/c20-19(24)16-9-8-15(13-17(16)22-10-4-1-5-11-22)21-18(23)12-14-6-2-3-7-14/h2,6,8-9,13-14H,1,3-5,7,10-12H2,(H2,20,24)(H,21,23)/t14-/m0/s1. The van der Waals surface area contributed by atoms with Crippen LogP contribution < -0.4 is 16.0 Å². The summed E-state index contributed by atoms with van der Waals surface area (Å²) < 4.78 is 0. The highest BCUT2D eigenvalue weighted by molar-refractivity contribution is 6.00. The van der Waals surface area contributed by atoms with E-state index in [2.05, 4.69) is 22.4 Å². The second-order valence-corrected chi connectivity index (χ2v) is 6.66. The summed E-state index contributed by atoms with van der Waals surface area (Å²) in [4.78, 5) is 26.1. The van der Waals surface area contributed by atoms with Crippen LogP contribution in [0.1, 0.15) is 48.9 Å². The zero-order valence-corrected chi connectivity index (χ0v) is 14.0.